The molecule has 0 spiro atoms. The third-order valence-electron chi connectivity index (χ3n) is 8.36. The van der Waals surface area contributed by atoms with Gasteiger partial charge in [-0.25, -0.2) is 4.57 Å². The summed E-state index contributed by atoms with van der Waals surface area (Å²) in [6, 6.07) is -1.52. The number of allylic oxidation sites excluding steroid dienone is 6. The Balaban J connectivity index is 4.46. The molecule has 302 valence electrons. The minimum Gasteiger partial charge on any atom is -0.480 e. The van der Waals surface area contributed by atoms with Crippen molar-refractivity contribution in [2.75, 3.05) is 19.8 Å². The summed E-state index contributed by atoms with van der Waals surface area (Å²) in [6.45, 7) is 2.72. The van der Waals surface area contributed by atoms with Gasteiger partial charge in [0.2, 0.25) is 0 Å². The van der Waals surface area contributed by atoms with E-state index in [0.29, 0.717) is 12.8 Å². The fourth-order valence-corrected chi connectivity index (χ4v) is 5.92. The Morgan fingerprint density at radius 3 is 1.58 bits per heavy atom. The van der Waals surface area contributed by atoms with E-state index in [9.17, 15) is 23.8 Å². The number of phosphoric acid groups is 1. The van der Waals surface area contributed by atoms with Gasteiger partial charge in [-0.3, -0.25) is 23.4 Å². The largest absolute Gasteiger partial charge is 0.480 e. The maximum absolute atomic E-state index is 12.6. The molecule has 0 aliphatic heterocycles. The van der Waals surface area contributed by atoms with Crippen molar-refractivity contribution in [3.05, 3.63) is 36.5 Å². The summed E-state index contributed by atoms with van der Waals surface area (Å²) in [5.41, 5.74) is 5.32. The molecule has 0 amide bonds. The van der Waals surface area contributed by atoms with Crippen molar-refractivity contribution in [2.24, 2.45) is 5.73 Å². The van der Waals surface area contributed by atoms with Crippen molar-refractivity contribution >= 4 is 25.7 Å². The molecule has 0 bridgehead atoms. The van der Waals surface area contributed by atoms with Crippen molar-refractivity contribution in [2.45, 2.75) is 180 Å². The number of hydrogen-bond donors (Lipinski definition) is 3. The zero-order chi connectivity index (χ0) is 38.5. The molecule has 0 rings (SSSR count). The number of phosphoric ester groups is 1. The molecule has 0 aromatic heterocycles. The number of ether oxygens (including phenoxy) is 2. The number of carbonyl (C=O) groups is 3. The van der Waals surface area contributed by atoms with E-state index < -0.39 is 51.1 Å². The summed E-state index contributed by atoms with van der Waals surface area (Å²) in [5.74, 6) is -2.42. The highest BCUT2D eigenvalue weighted by Crippen LogP contribution is 2.43. The predicted octanol–water partition coefficient (Wildman–Crippen LogP) is 10.1. The third-order valence-corrected chi connectivity index (χ3v) is 9.31. The Bertz CT molecular complexity index is 1030. The molecular formula is C40H72NO10P. The van der Waals surface area contributed by atoms with Crippen LogP contribution >= 0.6 is 7.82 Å². The second-order valence-electron chi connectivity index (χ2n) is 13.4. The summed E-state index contributed by atoms with van der Waals surface area (Å²) in [7, 11) is -4.72. The van der Waals surface area contributed by atoms with Gasteiger partial charge in [0.05, 0.1) is 13.2 Å². The van der Waals surface area contributed by atoms with E-state index in [0.717, 1.165) is 70.6 Å². The van der Waals surface area contributed by atoms with Gasteiger partial charge >= 0.3 is 25.7 Å². The quantitative estimate of drug-likeness (QED) is 0.0238. The van der Waals surface area contributed by atoms with Crippen LogP contribution in [0.3, 0.4) is 0 Å². The number of carbonyl (C=O) groups excluding carboxylic acids is 2. The number of aliphatic carboxylic acids is 1. The standard InChI is InChI=1S/C40H72NO10P/c1-3-5-7-9-11-13-15-17-18-20-21-23-25-27-29-31-38(42)48-33-36(34-49-52(46,47)50-35-37(41)40(44)45)51-39(43)32-30-28-26-24-22-19-16-14-12-10-8-6-4-2/h11,13,17-19,22,36-37H,3-10,12,14-16,20-21,23-35,41H2,1-2H3,(H,44,45)(H,46,47)/b13-11+,18-17+,22-19+/t36-,37+/m1/s1. The van der Waals surface area contributed by atoms with Crippen molar-refractivity contribution in [3.63, 3.8) is 0 Å². The van der Waals surface area contributed by atoms with Gasteiger partial charge in [-0.1, -0.05) is 121 Å². The van der Waals surface area contributed by atoms with Gasteiger partial charge in [-0.2, -0.15) is 0 Å². The highest BCUT2D eigenvalue weighted by molar-refractivity contribution is 7.47. The highest BCUT2D eigenvalue weighted by atomic mass is 31.2. The fourth-order valence-electron chi connectivity index (χ4n) is 5.15. The average molecular weight is 758 g/mol. The second-order valence-corrected chi connectivity index (χ2v) is 14.9. The number of carboxylic acids is 1. The van der Waals surface area contributed by atoms with E-state index in [1.807, 2.05) is 0 Å². The average Bonchev–Trinajstić information content (AvgIpc) is 3.12. The number of unbranched alkanes of at least 4 members (excludes halogenated alkanes) is 17. The van der Waals surface area contributed by atoms with Crippen LogP contribution in [0.2, 0.25) is 0 Å². The number of hydrogen-bond acceptors (Lipinski definition) is 9. The minimum atomic E-state index is -4.72. The lowest BCUT2D eigenvalue weighted by atomic mass is 10.1. The Labute approximate surface area is 314 Å². The van der Waals surface area contributed by atoms with Crippen molar-refractivity contribution < 1.29 is 47.5 Å². The van der Waals surface area contributed by atoms with Crippen LogP contribution in [-0.4, -0.2) is 59.9 Å². The topological polar surface area (TPSA) is 172 Å². The van der Waals surface area contributed by atoms with Crippen LogP contribution in [0.15, 0.2) is 36.5 Å². The molecule has 3 atom stereocenters. The van der Waals surface area contributed by atoms with E-state index in [4.69, 9.17) is 24.8 Å². The molecule has 0 radical (unpaired) electrons. The zero-order valence-corrected chi connectivity index (χ0v) is 33.3. The molecule has 0 saturated heterocycles. The van der Waals surface area contributed by atoms with Gasteiger partial charge < -0.3 is 25.2 Å². The lowest BCUT2D eigenvalue weighted by Gasteiger charge is -2.20. The zero-order valence-electron chi connectivity index (χ0n) is 32.4. The molecule has 0 aliphatic carbocycles. The smallest absolute Gasteiger partial charge is 0.472 e. The maximum Gasteiger partial charge on any atom is 0.472 e. The number of esters is 2. The molecule has 4 N–H and O–H groups in total. The first kappa shape index (κ1) is 49.7. The lowest BCUT2D eigenvalue weighted by Crippen LogP contribution is -2.34. The number of carboxylic acid groups (broad SMARTS) is 1. The molecule has 0 aromatic carbocycles. The van der Waals surface area contributed by atoms with E-state index in [1.54, 1.807) is 0 Å². The number of rotatable bonds is 37. The van der Waals surface area contributed by atoms with Crippen LogP contribution < -0.4 is 5.73 Å². The Morgan fingerprint density at radius 1 is 0.596 bits per heavy atom. The third kappa shape index (κ3) is 34.8. The summed E-state index contributed by atoms with van der Waals surface area (Å²) >= 11 is 0. The van der Waals surface area contributed by atoms with Gasteiger partial charge in [-0.15, -0.1) is 0 Å². The van der Waals surface area contributed by atoms with Crippen LogP contribution in [0.5, 0.6) is 0 Å². The first-order valence-electron chi connectivity index (χ1n) is 20.0. The van der Waals surface area contributed by atoms with Crippen LogP contribution in [0, 0.1) is 0 Å². The molecule has 0 fully saturated rings. The molecule has 0 saturated carbocycles. The normalized spacial score (nSPS) is 14.2. The minimum absolute atomic E-state index is 0.138. The summed E-state index contributed by atoms with van der Waals surface area (Å²) in [5, 5.41) is 8.86. The van der Waals surface area contributed by atoms with Gasteiger partial charge in [0.15, 0.2) is 6.10 Å². The van der Waals surface area contributed by atoms with E-state index in [1.165, 1.54) is 57.8 Å². The Morgan fingerprint density at radius 2 is 1.02 bits per heavy atom. The van der Waals surface area contributed by atoms with Crippen LogP contribution in [-0.2, 0) is 37.5 Å². The number of nitrogens with two attached hydrogens (primary N) is 1. The van der Waals surface area contributed by atoms with Gasteiger partial charge in [0, 0.05) is 12.8 Å². The first-order valence-corrected chi connectivity index (χ1v) is 21.5. The SMILES string of the molecule is CCCCC/C=C/C/C=C/CCCCCCCC(=O)OC[C@H](COP(=O)(O)OC[C@H](N)C(=O)O)OC(=O)CCCCC/C=C/CCCCCCCC. The second kappa shape index (κ2) is 35.7. The Kier molecular flexibility index (Phi) is 34.1. The molecular weight excluding hydrogens is 685 g/mol. The van der Waals surface area contributed by atoms with Gasteiger partial charge in [0.1, 0.15) is 12.6 Å². The van der Waals surface area contributed by atoms with Crippen LogP contribution in [0.25, 0.3) is 0 Å². The van der Waals surface area contributed by atoms with Crippen molar-refractivity contribution in [1.82, 2.24) is 0 Å². The molecule has 0 heterocycles. The van der Waals surface area contributed by atoms with Crippen molar-refractivity contribution in [1.29, 1.82) is 0 Å². The van der Waals surface area contributed by atoms with Gasteiger partial charge in [-0.05, 0) is 70.6 Å². The van der Waals surface area contributed by atoms with E-state index >= 15 is 0 Å². The van der Waals surface area contributed by atoms with Crippen LogP contribution in [0.4, 0.5) is 0 Å². The van der Waals surface area contributed by atoms with E-state index in [-0.39, 0.29) is 19.4 Å². The van der Waals surface area contributed by atoms with Crippen molar-refractivity contribution in [3.8, 4) is 0 Å². The van der Waals surface area contributed by atoms with E-state index in [2.05, 4.69) is 54.8 Å². The molecule has 0 aromatic rings. The van der Waals surface area contributed by atoms with Gasteiger partial charge in [0.25, 0.3) is 0 Å². The molecule has 11 nitrogen and oxygen atoms in total. The molecule has 0 aliphatic rings. The predicted molar refractivity (Wildman–Crippen MR) is 208 cm³/mol. The lowest BCUT2D eigenvalue weighted by molar-refractivity contribution is -0.161. The summed E-state index contributed by atoms with van der Waals surface area (Å²) in [6.07, 6.45) is 36.4. The highest BCUT2D eigenvalue weighted by Gasteiger charge is 2.28. The fraction of sp³-hybridized carbons (Fsp3) is 0.775. The first-order chi connectivity index (χ1) is 25.1. The summed E-state index contributed by atoms with van der Waals surface area (Å²) in [4.78, 5) is 45.8. The summed E-state index contributed by atoms with van der Waals surface area (Å²) < 4.78 is 32.6. The Hall–Kier alpha value is -2.30. The van der Waals surface area contributed by atoms with Crippen LogP contribution in [0.1, 0.15) is 168 Å². The molecule has 52 heavy (non-hydrogen) atoms. The monoisotopic (exact) mass is 757 g/mol. The molecule has 1 unspecified atom stereocenters. The maximum atomic E-state index is 12.6. The molecule has 12 heteroatoms.